The number of hydrogen-bond acceptors (Lipinski definition) is 4. The van der Waals surface area contributed by atoms with Crippen molar-refractivity contribution < 1.29 is 17.9 Å². The number of methoxy groups -OCH3 is 1. The minimum absolute atomic E-state index is 0.143. The fraction of sp³-hybridized carbons (Fsp3) is 0.278. The predicted molar refractivity (Wildman–Crippen MR) is 103 cm³/mol. The van der Waals surface area contributed by atoms with Crippen LogP contribution in [0.2, 0.25) is 0 Å². The summed E-state index contributed by atoms with van der Waals surface area (Å²) in [6, 6.07) is 13.9. The number of nitrogens with zero attached hydrogens (tertiary/aromatic N) is 1. The number of carbonyl (C=O) groups is 1. The molecule has 0 saturated heterocycles. The summed E-state index contributed by atoms with van der Waals surface area (Å²) in [5.41, 5.74) is 1.97. The van der Waals surface area contributed by atoms with E-state index in [4.69, 9.17) is 4.74 Å². The number of amides is 1. The lowest BCUT2D eigenvalue weighted by Crippen LogP contribution is -2.38. The van der Waals surface area contributed by atoms with Crippen LogP contribution < -0.4 is 5.32 Å². The molecule has 0 fully saturated rings. The van der Waals surface area contributed by atoms with Crippen molar-refractivity contribution in [3.8, 4) is 0 Å². The van der Waals surface area contributed by atoms with Gasteiger partial charge in [-0.05, 0) is 35.4 Å². The average molecular weight is 441 g/mol. The normalized spacial score (nSPS) is 11.5. The quantitative estimate of drug-likeness (QED) is 0.683. The van der Waals surface area contributed by atoms with E-state index in [-0.39, 0.29) is 17.3 Å². The van der Waals surface area contributed by atoms with Gasteiger partial charge >= 0.3 is 0 Å². The zero-order valence-corrected chi connectivity index (χ0v) is 17.0. The maximum atomic E-state index is 12.5. The Labute approximate surface area is 162 Å². The summed E-state index contributed by atoms with van der Waals surface area (Å²) >= 11 is 3.27. The molecule has 26 heavy (non-hydrogen) atoms. The number of carbonyl (C=O) groups excluding carboxylic acids is 1. The van der Waals surface area contributed by atoms with E-state index in [0.29, 0.717) is 13.2 Å². The first-order valence-electron chi connectivity index (χ1n) is 7.88. The molecular weight excluding hydrogens is 420 g/mol. The maximum absolute atomic E-state index is 12.5. The molecule has 1 amide bonds. The van der Waals surface area contributed by atoms with E-state index in [1.807, 2.05) is 24.3 Å². The first-order valence-corrected chi connectivity index (χ1v) is 10.1. The molecule has 0 atom stereocenters. The van der Waals surface area contributed by atoms with E-state index >= 15 is 0 Å². The molecule has 0 saturated carbocycles. The highest BCUT2D eigenvalue weighted by atomic mass is 79.9. The van der Waals surface area contributed by atoms with Gasteiger partial charge in [0.1, 0.15) is 0 Å². The average Bonchev–Trinajstić information content (AvgIpc) is 2.61. The van der Waals surface area contributed by atoms with Gasteiger partial charge < -0.3 is 10.1 Å². The molecule has 1 N–H and O–H groups in total. The Kier molecular flexibility index (Phi) is 7.33. The van der Waals surface area contributed by atoms with Crippen molar-refractivity contribution in [1.82, 2.24) is 9.62 Å². The summed E-state index contributed by atoms with van der Waals surface area (Å²) in [5.74, 6) is -0.367. The second-order valence-corrected chi connectivity index (χ2v) is 8.70. The van der Waals surface area contributed by atoms with Crippen LogP contribution in [0.4, 0.5) is 0 Å². The van der Waals surface area contributed by atoms with Crippen LogP contribution in [0.1, 0.15) is 11.1 Å². The van der Waals surface area contributed by atoms with E-state index in [1.54, 1.807) is 19.2 Å². The predicted octanol–water partition coefficient (Wildman–Crippen LogP) is 2.53. The van der Waals surface area contributed by atoms with E-state index in [2.05, 4.69) is 21.2 Å². The van der Waals surface area contributed by atoms with Crippen molar-refractivity contribution in [3.63, 3.8) is 0 Å². The molecule has 0 bridgehead atoms. The minimum Gasteiger partial charge on any atom is -0.380 e. The number of rotatable bonds is 8. The Balaban J connectivity index is 1.91. The van der Waals surface area contributed by atoms with Gasteiger partial charge in [-0.15, -0.1) is 0 Å². The summed E-state index contributed by atoms with van der Waals surface area (Å²) < 4.78 is 31.8. The van der Waals surface area contributed by atoms with Crippen LogP contribution >= 0.6 is 15.9 Å². The number of halogens is 1. The van der Waals surface area contributed by atoms with Gasteiger partial charge in [0.25, 0.3) is 0 Å². The van der Waals surface area contributed by atoms with Crippen LogP contribution in [-0.2, 0) is 32.7 Å². The topological polar surface area (TPSA) is 75.7 Å². The van der Waals surface area contributed by atoms with Gasteiger partial charge in [-0.25, -0.2) is 8.42 Å². The van der Waals surface area contributed by atoms with Crippen LogP contribution in [-0.4, -0.2) is 39.3 Å². The highest BCUT2D eigenvalue weighted by Crippen LogP contribution is 2.17. The lowest BCUT2D eigenvalue weighted by molar-refractivity contribution is -0.121. The molecule has 140 valence electrons. The maximum Gasteiger partial charge on any atom is 0.243 e. The molecule has 0 aliphatic rings. The van der Waals surface area contributed by atoms with Crippen LogP contribution in [0, 0.1) is 0 Å². The van der Waals surface area contributed by atoms with E-state index in [9.17, 15) is 13.2 Å². The Hall–Kier alpha value is -1.74. The van der Waals surface area contributed by atoms with Gasteiger partial charge in [0.2, 0.25) is 15.9 Å². The molecule has 6 nitrogen and oxygen atoms in total. The Bertz CT molecular complexity index is 836. The zero-order valence-electron chi connectivity index (χ0n) is 14.6. The Morgan fingerprint density at radius 1 is 1.08 bits per heavy atom. The lowest BCUT2D eigenvalue weighted by atomic mass is 10.1. The van der Waals surface area contributed by atoms with E-state index in [1.165, 1.54) is 19.2 Å². The molecule has 0 aliphatic heterocycles. The smallest absolute Gasteiger partial charge is 0.243 e. The van der Waals surface area contributed by atoms with Crippen LogP contribution in [0.3, 0.4) is 0 Å². The first kappa shape index (κ1) is 20.6. The molecular formula is C18H21BrN2O4S. The van der Waals surface area contributed by atoms with Gasteiger partial charge in [-0.1, -0.05) is 40.2 Å². The van der Waals surface area contributed by atoms with Crippen LogP contribution in [0.25, 0.3) is 0 Å². The van der Waals surface area contributed by atoms with Gasteiger partial charge in [-0.2, -0.15) is 4.31 Å². The summed E-state index contributed by atoms with van der Waals surface area (Å²) in [5, 5.41) is 2.73. The molecule has 0 aromatic heterocycles. The number of benzene rings is 2. The van der Waals surface area contributed by atoms with Gasteiger partial charge in [0, 0.05) is 25.2 Å². The standard InChI is InChI=1S/C18H21BrN2O4S/c1-21(26(23,24)17-9-7-16(19)8-10-17)12-18(22)20-11-14-3-5-15(6-4-14)13-25-2/h3-10H,11-13H2,1-2H3,(H,20,22). The molecule has 0 spiro atoms. The summed E-state index contributed by atoms with van der Waals surface area (Å²) in [6.07, 6.45) is 0. The molecule has 0 heterocycles. The van der Waals surface area contributed by atoms with Crippen molar-refractivity contribution in [2.24, 2.45) is 0 Å². The van der Waals surface area contributed by atoms with Crippen molar-refractivity contribution in [1.29, 1.82) is 0 Å². The third-order valence-electron chi connectivity index (χ3n) is 3.71. The van der Waals surface area contributed by atoms with Crippen molar-refractivity contribution in [2.75, 3.05) is 20.7 Å². The van der Waals surface area contributed by atoms with E-state index in [0.717, 1.165) is 19.9 Å². The molecule has 0 unspecified atom stereocenters. The highest BCUT2D eigenvalue weighted by Gasteiger charge is 2.22. The monoisotopic (exact) mass is 440 g/mol. The minimum atomic E-state index is -3.71. The van der Waals surface area contributed by atoms with Crippen molar-refractivity contribution >= 4 is 31.9 Å². The first-order chi connectivity index (χ1) is 12.3. The third kappa shape index (κ3) is 5.63. The highest BCUT2D eigenvalue weighted by molar-refractivity contribution is 9.10. The number of nitrogens with one attached hydrogen (secondary N) is 1. The van der Waals surface area contributed by atoms with Crippen LogP contribution in [0.15, 0.2) is 57.9 Å². The number of sulfonamides is 1. The zero-order chi connectivity index (χ0) is 19.2. The summed E-state index contributed by atoms with van der Waals surface area (Å²) in [6.45, 7) is 0.615. The van der Waals surface area contributed by atoms with Gasteiger partial charge in [0.15, 0.2) is 0 Å². The van der Waals surface area contributed by atoms with Crippen molar-refractivity contribution in [2.45, 2.75) is 18.0 Å². The van der Waals surface area contributed by atoms with Crippen LogP contribution in [0.5, 0.6) is 0 Å². The van der Waals surface area contributed by atoms with Crippen molar-refractivity contribution in [3.05, 3.63) is 64.1 Å². The number of hydrogen-bond donors (Lipinski definition) is 1. The Morgan fingerprint density at radius 3 is 2.23 bits per heavy atom. The Morgan fingerprint density at radius 2 is 1.65 bits per heavy atom. The molecule has 2 rings (SSSR count). The second kappa shape index (κ2) is 9.27. The van der Waals surface area contributed by atoms with E-state index < -0.39 is 10.0 Å². The SMILES string of the molecule is COCc1ccc(CNC(=O)CN(C)S(=O)(=O)c2ccc(Br)cc2)cc1. The number of ether oxygens (including phenoxy) is 1. The largest absolute Gasteiger partial charge is 0.380 e. The molecule has 2 aromatic carbocycles. The summed E-state index contributed by atoms with van der Waals surface area (Å²) in [4.78, 5) is 12.2. The summed E-state index contributed by atoms with van der Waals surface area (Å²) in [7, 11) is -0.691. The molecule has 0 aliphatic carbocycles. The molecule has 0 radical (unpaired) electrons. The fourth-order valence-corrected chi connectivity index (χ4v) is 3.64. The van der Waals surface area contributed by atoms with Gasteiger partial charge in [0.05, 0.1) is 18.0 Å². The second-order valence-electron chi connectivity index (χ2n) is 5.74. The van der Waals surface area contributed by atoms with Gasteiger partial charge in [-0.3, -0.25) is 4.79 Å². The fourth-order valence-electron chi connectivity index (χ4n) is 2.25. The number of likely N-dealkylation sites (N-methyl/N-ethyl adjacent to an activating group) is 1. The molecule has 8 heteroatoms. The third-order valence-corrected chi connectivity index (χ3v) is 6.06. The molecule has 2 aromatic rings. The lowest BCUT2D eigenvalue weighted by Gasteiger charge is -2.17.